The summed E-state index contributed by atoms with van der Waals surface area (Å²) >= 11 is 0. The van der Waals surface area contributed by atoms with Gasteiger partial charge in [0.1, 0.15) is 12.1 Å². The Labute approximate surface area is 117 Å². The molecular weight excluding hydrogens is 256 g/mol. The normalized spacial score (nSPS) is 17.0. The number of benzene rings is 1. The lowest BCUT2D eigenvalue weighted by molar-refractivity contribution is -0.152. The number of nitrogens with one attached hydrogen (secondary N) is 1. The molecule has 20 heavy (non-hydrogen) atoms. The molecule has 0 aromatic heterocycles. The highest BCUT2D eigenvalue weighted by Gasteiger charge is 2.43. The van der Waals surface area contributed by atoms with Gasteiger partial charge in [0.15, 0.2) is 0 Å². The minimum atomic E-state index is -1.09. The van der Waals surface area contributed by atoms with Crippen LogP contribution in [-0.4, -0.2) is 34.7 Å². The van der Waals surface area contributed by atoms with Gasteiger partial charge in [0.05, 0.1) is 0 Å². The third-order valence-corrected chi connectivity index (χ3v) is 3.12. The van der Waals surface area contributed by atoms with Gasteiger partial charge in [0.25, 0.3) is 11.8 Å². The number of hydrogen-bond acceptors (Lipinski definition) is 3. The zero-order valence-electron chi connectivity index (χ0n) is 11.3. The number of nitrogens with zero attached hydrogens (tertiary/aromatic N) is 1. The first-order valence-corrected chi connectivity index (χ1v) is 6.14. The van der Waals surface area contributed by atoms with E-state index in [1.807, 2.05) is 18.2 Å². The molecule has 1 saturated heterocycles. The second kappa shape index (κ2) is 5.17. The van der Waals surface area contributed by atoms with Crippen LogP contribution in [0.3, 0.4) is 0 Å². The van der Waals surface area contributed by atoms with Gasteiger partial charge in [-0.05, 0) is 26.0 Å². The van der Waals surface area contributed by atoms with Crippen LogP contribution in [0.5, 0.6) is 0 Å². The van der Waals surface area contributed by atoms with Gasteiger partial charge in [-0.3, -0.25) is 19.7 Å². The van der Waals surface area contributed by atoms with Crippen LogP contribution in [-0.2, 0) is 14.4 Å². The van der Waals surface area contributed by atoms with Gasteiger partial charge < -0.3 is 4.90 Å². The standard InChI is InChI=1S/C15H14N2O3/c1-15(2)14(20)16-12(18)10-17(15)13(19)9-8-11-6-4-3-5-7-11/h3-7H,10H2,1-2H3,(H,16,18,20). The largest absolute Gasteiger partial charge is 0.308 e. The number of piperazine rings is 1. The van der Waals surface area contributed by atoms with E-state index in [1.54, 1.807) is 26.0 Å². The first kappa shape index (κ1) is 13.8. The number of carbonyl (C=O) groups is 3. The van der Waals surface area contributed by atoms with E-state index in [9.17, 15) is 14.4 Å². The van der Waals surface area contributed by atoms with Gasteiger partial charge in [-0.2, -0.15) is 0 Å². The highest BCUT2D eigenvalue weighted by molar-refractivity contribution is 6.08. The number of rotatable bonds is 0. The van der Waals surface area contributed by atoms with E-state index in [0.29, 0.717) is 5.56 Å². The average Bonchev–Trinajstić information content (AvgIpc) is 2.41. The van der Waals surface area contributed by atoms with Crippen molar-refractivity contribution in [1.29, 1.82) is 0 Å². The van der Waals surface area contributed by atoms with Gasteiger partial charge in [0, 0.05) is 11.5 Å². The first-order chi connectivity index (χ1) is 9.41. The first-order valence-electron chi connectivity index (χ1n) is 6.14. The fourth-order valence-electron chi connectivity index (χ4n) is 1.82. The lowest BCUT2D eigenvalue weighted by Crippen LogP contribution is -2.65. The molecule has 0 saturated carbocycles. The molecule has 5 nitrogen and oxygen atoms in total. The van der Waals surface area contributed by atoms with Crippen LogP contribution in [0.25, 0.3) is 0 Å². The van der Waals surface area contributed by atoms with Crippen LogP contribution in [0, 0.1) is 11.8 Å². The Morgan fingerprint density at radius 3 is 2.55 bits per heavy atom. The van der Waals surface area contributed by atoms with Crippen molar-refractivity contribution < 1.29 is 14.4 Å². The highest BCUT2D eigenvalue weighted by atomic mass is 16.2. The fraction of sp³-hybridized carbons (Fsp3) is 0.267. The SMILES string of the molecule is CC1(C)C(=O)NC(=O)CN1C(=O)C#Cc1ccccc1. The summed E-state index contributed by atoms with van der Waals surface area (Å²) in [6, 6.07) is 9.04. The summed E-state index contributed by atoms with van der Waals surface area (Å²) in [6.07, 6.45) is 0. The van der Waals surface area contributed by atoms with Gasteiger partial charge in [0.2, 0.25) is 5.91 Å². The van der Waals surface area contributed by atoms with Crippen molar-refractivity contribution >= 4 is 17.7 Å². The molecule has 0 unspecified atom stereocenters. The maximum absolute atomic E-state index is 12.1. The molecule has 1 aromatic carbocycles. The van der Waals surface area contributed by atoms with E-state index in [4.69, 9.17) is 0 Å². The highest BCUT2D eigenvalue weighted by Crippen LogP contribution is 2.17. The lowest BCUT2D eigenvalue weighted by Gasteiger charge is -2.38. The summed E-state index contributed by atoms with van der Waals surface area (Å²) in [5.74, 6) is 3.66. The van der Waals surface area contributed by atoms with Gasteiger partial charge >= 0.3 is 0 Å². The number of carbonyl (C=O) groups excluding carboxylic acids is 3. The Hall–Kier alpha value is -2.61. The Balaban J connectivity index is 2.22. The summed E-state index contributed by atoms with van der Waals surface area (Å²) in [4.78, 5) is 36.4. The molecule has 0 spiro atoms. The van der Waals surface area contributed by atoms with Gasteiger partial charge in [-0.25, -0.2) is 0 Å². The molecule has 0 radical (unpaired) electrons. The van der Waals surface area contributed by atoms with Crippen molar-refractivity contribution in [3.05, 3.63) is 35.9 Å². The molecular formula is C15H14N2O3. The zero-order valence-corrected chi connectivity index (χ0v) is 11.3. The second-order valence-electron chi connectivity index (χ2n) is 4.94. The Morgan fingerprint density at radius 2 is 1.90 bits per heavy atom. The Kier molecular flexibility index (Phi) is 3.57. The van der Waals surface area contributed by atoms with Crippen molar-refractivity contribution in [3.63, 3.8) is 0 Å². The van der Waals surface area contributed by atoms with E-state index in [0.717, 1.165) is 0 Å². The van der Waals surface area contributed by atoms with Crippen LogP contribution in [0.15, 0.2) is 30.3 Å². The van der Waals surface area contributed by atoms with Crippen LogP contribution in [0.2, 0.25) is 0 Å². The topological polar surface area (TPSA) is 66.5 Å². The number of amides is 3. The summed E-state index contributed by atoms with van der Waals surface area (Å²) in [7, 11) is 0. The summed E-state index contributed by atoms with van der Waals surface area (Å²) in [6.45, 7) is 2.99. The van der Waals surface area contributed by atoms with Crippen molar-refractivity contribution in [2.75, 3.05) is 6.54 Å². The van der Waals surface area contributed by atoms with E-state index < -0.39 is 23.3 Å². The minimum Gasteiger partial charge on any atom is -0.308 e. The van der Waals surface area contributed by atoms with Crippen molar-refractivity contribution in [2.45, 2.75) is 19.4 Å². The maximum atomic E-state index is 12.1. The molecule has 1 fully saturated rings. The third-order valence-electron chi connectivity index (χ3n) is 3.12. The van der Waals surface area contributed by atoms with Crippen LogP contribution < -0.4 is 5.32 Å². The number of hydrogen-bond donors (Lipinski definition) is 1. The zero-order chi connectivity index (χ0) is 14.8. The molecule has 1 aromatic rings. The van der Waals surface area contributed by atoms with Gasteiger partial charge in [-0.1, -0.05) is 24.1 Å². The van der Waals surface area contributed by atoms with E-state index >= 15 is 0 Å². The van der Waals surface area contributed by atoms with Crippen molar-refractivity contribution in [2.24, 2.45) is 0 Å². The summed E-state index contributed by atoms with van der Waals surface area (Å²) in [5, 5.41) is 2.21. The Morgan fingerprint density at radius 1 is 1.25 bits per heavy atom. The molecule has 1 aliphatic rings. The molecule has 0 atom stereocenters. The molecule has 1 aliphatic heterocycles. The molecule has 3 amide bonds. The molecule has 2 rings (SSSR count). The van der Waals surface area contributed by atoms with Crippen LogP contribution in [0.1, 0.15) is 19.4 Å². The van der Waals surface area contributed by atoms with E-state index in [1.165, 1.54) is 4.90 Å². The van der Waals surface area contributed by atoms with Crippen molar-refractivity contribution in [1.82, 2.24) is 10.2 Å². The third kappa shape index (κ3) is 2.69. The fourth-order valence-corrected chi connectivity index (χ4v) is 1.82. The molecule has 102 valence electrons. The van der Waals surface area contributed by atoms with Crippen molar-refractivity contribution in [3.8, 4) is 11.8 Å². The smallest absolute Gasteiger partial charge is 0.300 e. The van der Waals surface area contributed by atoms with Crippen LogP contribution >= 0.6 is 0 Å². The van der Waals surface area contributed by atoms with E-state index in [-0.39, 0.29) is 6.54 Å². The molecule has 0 bridgehead atoms. The second-order valence-corrected chi connectivity index (χ2v) is 4.94. The predicted molar refractivity (Wildman–Crippen MR) is 72.3 cm³/mol. The average molecular weight is 270 g/mol. The minimum absolute atomic E-state index is 0.166. The Bertz CT molecular complexity index is 624. The summed E-state index contributed by atoms with van der Waals surface area (Å²) < 4.78 is 0. The lowest BCUT2D eigenvalue weighted by atomic mass is 9.98. The summed E-state index contributed by atoms with van der Waals surface area (Å²) in [5.41, 5.74) is -0.387. The van der Waals surface area contributed by atoms with E-state index in [2.05, 4.69) is 17.2 Å². The quantitative estimate of drug-likeness (QED) is 0.545. The monoisotopic (exact) mass is 270 g/mol. The maximum Gasteiger partial charge on any atom is 0.300 e. The van der Waals surface area contributed by atoms with Gasteiger partial charge in [-0.15, -0.1) is 0 Å². The molecule has 1 heterocycles. The molecule has 5 heteroatoms. The van der Waals surface area contributed by atoms with Crippen LogP contribution in [0.4, 0.5) is 0 Å². The molecule has 1 N–H and O–H groups in total. The molecule has 0 aliphatic carbocycles. The number of imide groups is 1. The predicted octanol–water partition coefficient (Wildman–Crippen LogP) is 0.302.